The second kappa shape index (κ2) is 15.3. The molecule has 6 heterocycles. The molecule has 1 aromatic carbocycles. The predicted octanol–water partition coefficient (Wildman–Crippen LogP) is -0.0664. The molecule has 1 unspecified atom stereocenters. The van der Waals surface area contributed by atoms with Gasteiger partial charge in [-0.05, 0) is 12.1 Å². The smallest absolute Gasteiger partial charge is 0.248 e. The van der Waals surface area contributed by atoms with E-state index in [-0.39, 0.29) is 42.7 Å². The monoisotopic (exact) mass is 735 g/mol. The summed E-state index contributed by atoms with van der Waals surface area (Å²) >= 11 is 0. The molecule has 4 aromatic rings. The Labute approximate surface area is 291 Å². The summed E-state index contributed by atoms with van der Waals surface area (Å²) in [6, 6.07) is -0.107. The van der Waals surface area contributed by atoms with E-state index in [9.17, 15) is 33.3 Å². The first-order chi connectivity index (χ1) is 24.7. The molecule has 3 saturated heterocycles. The average molecular weight is 736 g/mol. The topological polar surface area (TPSA) is 196 Å². The van der Waals surface area contributed by atoms with Crippen LogP contribution in [0.1, 0.15) is 12.1 Å². The van der Waals surface area contributed by atoms with Crippen LogP contribution >= 0.6 is 10.9 Å². The zero-order valence-corrected chi connectivity index (χ0v) is 27.9. The van der Waals surface area contributed by atoms with E-state index < -0.39 is 75.8 Å². The van der Waals surface area contributed by atoms with Crippen molar-refractivity contribution < 1.29 is 47.5 Å². The van der Waals surface area contributed by atoms with Crippen LogP contribution in [-0.4, -0.2) is 153 Å². The van der Waals surface area contributed by atoms with Gasteiger partial charge in [0.05, 0.1) is 63.7 Å². The summed E-state index contributed by atoms with van der Waals surface area (Å²) in [6.07, 6.45) is 4.31. The van der Waals surface area contributed by atoms with Crippen LogP contribution in [0.4, 0.5) is 13.2 Å². The van der Waals surface area contributed by atoms with Gasteiger partial charge in [0.1, 0.15) is 36.4 Å². The number of hydrogen-bond donors (Lipinski definition) is 4. The number of carbonyl (C=O) groups is 1. The number of thiol groups is 1. The number of aliphatic hydroxyl groups excluding tert-OH is 3. The fourth-order valence-electron chi connectivity index (χ4n) is 6.80. The molecule has 0 bridgehead atoms. The van der Waals surface area contributed by atoms with Gasteiger partial charge in [0.25, 0.3) is 0 Å². The van der Waals surface area contributed by atoms with Crippen molar-refractivity contribution in [3.05, 3.63) is 60.7 Å². The third-order valence-electron chi connectivity index (χ3n) is 9.51. The Balaban J connectivity index is 1.16. The van der Waals surface area contributed by atoms with Gasteiger partial charge in [-0.2, -0.15) is 0 Å². The summed E-state index contributed by atoms with van der Waals surface area (Å²) in [5.41, 5.74) is 1.03. The number of hydrogen-bond acceptors (Lipinski definition) is 13. The first kappa shape index (κ1) is 35.4. The van der Waals surface area contributed by atoms with Crippen molar-refractivity contribution in [1.82, 2.24) is 44.9 Å². The molecule has 0 radical (unpaired) electrons. The molecule has 20 heteroatoms. The Bertz CT molecular complexity index is 1790. The van der Waals surface area contributed by atoms with Gasteiger partial charge < -0.3 is 34.4 Å². The number of benzene rings is 1. The maximum Gasteiger partial charge on any atom is 0.248 e. The average Bonchev–Trinajstić information content (AvgIpc) is 3.84. The lowest BCUT2D eigenvalue weighted by Crippen LogP contribution is -2.56. The van der Waals surface area contributed by atoms with Gasteiger partial charge in [-0.3, -0.25) is 4.79 Å². The van der Waals surface area contributed by atoms with Crippen LogP contribution < -0.4 is 0 Å². The Morgan fingerprint density at radius 2 is 1.59 bits per heavy atom. The summed E-state index contributed by atoms with van der Waals surface area (Å²) in [4.78, 5) is 22.8. The minimum atomic E-state index is -1.63. The predicted molar refractivity (Wildman–Crippen MR) is 173 cm³/mol. The second-order valence-corrected chi connectivity index (χ2v) is 15.2. The Hall–Kier alpha value is -4.05. The first-order valence-electron chi connectivity index (χ1n) is 16.2. The largest absolute Gasteiger partial charge is 0.395 e. The van der Waals surface area contributed by atoms with E-state index >= 15 is 0 Å². The minimum absolute atomic E-state index is 0.00950. The lowest BCUT2D eigenvalue weighted by Gasteiger charge is -2.51. The molecule has 0 saturated carbocycles. The van der Waals surface area contributed by atoms with Crippen molar-refractivity contribution >= 4 is 16.8 Å². The molecule has 3 N–H and O–H groups in total. The Morgan fingerprint density at radius 3 is 2.29 bits per heavy atom. The fourth-order valence-corrected chi connectivity index (χ4v) is 10.2. The molecule has 16 nitrogen and oxygen atoms in total. The molecule has 3 aliphatic rings. The minimum Gasteiger partial charge on any atom is -0.395 e. The van der Waals surface area contributed by atoms with E-state index in [1.807, 2.05) is 0 Å². The number of halogens is 3. The summed E-state index contributed by atoms with van der Waals surface area (Å²) in [6.45, 7) is 1.01. The van der Waals surface area contributed by atoms with Crippen molar-refractivity contribution in [1.29, 1.82) is 0 Å². The van der Waals surface area contributed by atoms with Crippen LogP contribution in [-0.2, 0) is 19.0 Å². The first-order valence-corrected chi connectivity index (χ1v) is 17.9. The van der Waals surface area contributed by atoms with Gasteiger partial charge in [0.2, 0.25) is 5.91 Å². The van der Waals surface area contributed by atoms with Crippen LogP contribution in [0.15, 0.2) is 43.2 Å². The highest BCUT2D eigenvalue weighted by atomic mass is 32.2. The maximum absolute atomic E-state index is 14.1. The van der Waals surface area contributed by atoms with Gasteiger partial charge >= 0.3 is 0 Å². The number of ether oxygens (including phenoxy) is 3. The van der Waals surface area contributed by atoms with Crippen LogP contribution in [0.5, 0.6) is 0 Å². The lowest BCUT2D eigenvalue weighted by molar-refractivity contribution is -0.144. The van der Waals surface area contributed by atoms with E-state index in [0.29, 0.717) is 37.6 Å². The van der Waals surface area contributed by atoms with Crippen LogP contribution in [0.2, 0.25) is 0 Å². The summed E-state index contributed by atoms with van der Waals surface area (Å²) < 4.78 is 62.1. The highest BCUT2D eigenvalue weighted by molar-refractivity contribution is 8.18. The molecular formula is C31H36F3N9O7S. The van der Waals surface area contributed by atoms with E-state index in [2.05, 4.69) is 30.6 Å². The fraction of sp³-hybridized carbons (Fsp3) is 0.516. The zero-order valence-electron chi connectivity index (χ0n) is 27.0. The SMILES string of the molecule is O=C(CO[C@H]1C[SH]([C@@H]2COC[C@H](n3cc(-c4cncnc4)nn3)[C@H]2O)[C@H](CO)[C@H](O)[C@@H]1n1cc(-c2cc(F)c(F)c(F)c2)nn1)N1CCOCC1. The van der Waals surface area contributed by atoms with E-state index in [1.54, 1.807) is 23.5 Å². The standard InChI is InChI=1S/C31H36F3N9O7S/c32-19-5-17(6-20(33)28(19)34)21-10-43(40-37-21)29-24(50-14-27(45)41-1-3-48-4-2-41)15-51(25(11-44)31(29)47)26-13-49-12-23(30(26)46)42-9-22(38-39-42)18-7-35-16-36-8-18/h5-10,16,23-26,29-31,44,46-47,51H,1-4,11-15H2/t23-,24-,25+,26+,29+,30+,31-/m0/s1. The molecular weight excluding hydrogens is 699 g/mol. The molecule has 3 aliphatic heterocycles. The molecule has 3 aromatic heterocycles. The molecule has 0 aliphatic carbocycles. The van der Waals surface area contributed by atoms with Crippen molar-refractivity contribution in [2.45, 2.75) is 40.9 Å². The number of rotatable bonds is 9. The van der Waals surface area contributed by atoms with Gasteiger partial charge in [-0.25, -0.2) is 43.4 Å². The van der Waals surface area contributed by atoms with Crippen LogP contribution in [0.3, 0.4) is 0 Å². The van der Waals surface area contributed by atoms with Crippen molar-refractivity contribution in [3.63, 3.8) is 0 Å². The molecule has 8 atom stereocenters. The van der Waals surface area contributed by atoms with E-state index in [0.717, 1.165) is 12.1 Å². The maximum atomic E-state index is 14.1. The quantitative estimate of drug-likeness (QED) is 0.132. The number of aromatic nitrogens is 8. The van der Waals surface area contributed by atoms with Gasteiger partial charge in [0, 0.05) is 52.9 Å². The van der Waals surface area contributed by atoms with Gasteiger partial charge in [-0.1, -0.05) is 10.4 Å². The van der Waals surface area contributed by atoms with E-state index in [1.165, 1.54) is 21.9 Å². The highest BCUT2D eigenvalue weighted by Crippen LogP contribution is 2.51. The normalized spacial score (nSPS) is 29.3. The van der Waals surface area contributed by atoms with E-state index in [4.69, 9.17) is 14.2 Å². The lowest BCUT2D eigenvalue weighted by atomic mass is 10.0. The van der Waals surface area contributed by atoms with Crippen molar-refractivity contribution in [2.75, 3.05) is 58.5 Å². The molecule has 1 amide bonds. The second-order valence-electron chi connectivity index (χ2n) is 12.5. The van der Waals surface area contributed by atoms with Gasteiger partial charge in [0.15, 0.2) is 17.5 Å². The number of amides is 1. The Morgan fingerprint density at radius 1 is 0.922 bits per heavy atom. The number of aliphatic hydroxyl groups is 3. The van der Waals surface area contributed by atoms with Crippen molar-refractivity contribution in [3.8, 4) is 22.5 Å². The van der Waals surface area contributed by atoms with Crippen molar-refractivity contribution in [2.24, 2.45) is 0 Å². The highest BCUT2D eigenvalue weighted by Gasteiger charge is 2.50. The number of carbonyl (C=O) groups excluding carboxylic acids is 1. The Kier molecular flexibility index (Phi) is 10.6. The van der Waals surface area contributed by atoms with Gasteiger partial charge in [-0.15, -0.1) is 10.2 Å². The van der Waals surface area contributed by atoms with Crippen LogP contribution in [0.25, 0.3) is 22.5 Å². The van der Waals surface area contributed by atoms with Crippen LogP contribution in [0, 0.1) is 17.5 Å². The number of nitrogens with zero attached hydrogens (tertiary/aromatic N) is 9. The number of morpholine rings is 1. The summed E-state index contributed by atoms with van der Waals surface area (Å²) in [7, 11) is -1.47. The zero-order chi connectivity index (χ0) is 35.6. The molecule has 3 fully saturated rings. The molecule has 51 heavy (non-hydrogen) atoms. The third kappa shape index (κ3) is 7.21. The summed E-state index contributed by atoms with van der Waals surface area (Å²) in [5.74, 6) is -4.53. The molecule has 0 spiro atoms. The molecule has 274 valence electrons. The molecule has 7 rings (SSSR count). The summed E-state index contributed by atoms with van der Waals surface area (Å²) in [5, 5.41) is 49.6. The third-order valence-corrected chi connectivity index (χ3v) is 12.9.